The van der Waals surface area contributed by atoms with E-state index in [9.17, 15) is 9.18 Å². The number of carbonyl (C=O) groups is 1. The van der Waals surface area contributed by atoms with Crippen molar-refractivity contribution in [2.24, 2.45) is 11.7 Å². The standard InChI is InChI=1S/C32H37FN8O2/c1-18(2)40-15-23(12-35-40)26-8-7-21-9-27(39(31(21)36-26)13-20-5-6-20)29-19(3)30-28(43-4)10-22(14-41(30)37-29)32(42)38-16-24(33)11-25(34)17-38/h7-10,12,14-15,18,20,24-25H,5-6,11,13,16-17,34H2,1-4H3/t24-,25-/m1/s1. The van der Waals surface area contributed by atoms with Gasteiger partial charge in [-0.25, -0.2) is 13.9 Å². The van der Waals surface area contributed by atoms with Crippen LogP contribution in [0.25, 0.3) is 39.2 Å². The summed E-state index contributed by atoms with van der Waals surface area (Å²) in [5, 5.41) is 10.5. The quantitative estimate of drug-likeness (QED) is 0.287. The normalized spacial score (nSPS) is 19.2. The van der Waals surface area contributed by atoms with E-state index in [-0.39, 0.29) is 31.0 Å². The summed E-state index contributed by atoms with van der Waals surface area (Å²) >= 11 is 0. The van der Waals surface area contributed by atoms with Crippen LogP contribution in [-0.4, -0.2) is 72.2 Å². The highest BCUT2D eigenvalue weighted by molar-refractivity contribution is 5.96. The first-order chi connectivity index (χ1) is 20.7. The maximum atomic E-state index is 14.2. The fourth-order valence-electron chi connectivity index (χ4n) is 6.21. The average molecular weight is 585 g/mol. The zero-order valence-corrected chi connectivity index (χ0v) is 25.0. The van der Waals surface area contributed by atoms with Gasteiger partial charge in [-0.3, -0.25) is 9.48 Å². The van der Waals surface area contributed by atoms with Crippen molar-refractivity contribution >= 4 is 22.5 Å². The highest BCUT2D eigenvalue weighted by Crippen LogP contribution is 2.38. The van der Waals surface area contributed by atoms with Crippen LogP contribution in [0.4, 0.5) is 4.39 Å². The van der Waals surface area contributed by atoms with E-state index in [0.29, 0.717) is 23.8 Å². The second kappa shape index (κ2) is 10.5. The molecule has 0 bridgehead atoms. The zero-order valence-electron chi connectivity index (χ0n) is 25.0. The molecule has 1 saturated heterocycles. The van der Waals surface area contributed by atoms with Gasteiger partial charge < -0.3 is 19.9 Å². The van der Waals surface area contributed by atoms with Crippen LogP contribution in [-0.2, 0) is 6.54 Å². The van der Waals surface area contributed by atoms with Crippen molar-refractivity contribution in [2.75, 3.05) is 20.2 Å². The second-order valence-corrected chi connectivity index (χ2v) is 12.4. The van der Waals surface area contributed by atoms with Gasteiger partial charge in [0.2, 0.25) is 0 Å². The van der Waals surface area contributed by atoms with E-state index in [2.05, 4.69) is 35.6 Å². The molecule has 0 spiro atoms. The average Bonchev–Trinajstić information content (AvgIpc) is 3.38. The number of pyridine rings is 2. The molecule has 0 unspecified atom stereocenters. The number of nitrogens with zero attached hydrogens (tertiary/aromatic N) is 7. The molecule has 0 radical (unpaired) electrons. The minimum atomic E-state index is -1.13. The maximum Gasteiger partial charge on any atom is 0.255 e. The number of carbonyl (C=O) groups excluding carboxylic acids is 1. The van der Waals surface area contributed by atoms with Crippen molar-refractivity contribution in [1.29, 1.82) is 0 Å². The molecule has 2 N–H and O–H groups in total. The topological polar surface area (TPSA) is 108 Å². The van der Waals surface area contributed by atoms with Crippen molar-refractivity contribution in [1.82, 2.24) is 33.8 Å². The number of fused-ring (bicyclic) bond motifs is 2. The summed E-state index contributed by atoms with van der Waals surface area (Å²) in [6.45, 7) is 7.44. The Morgan fingerprint density at radius 2 is 2.00 bits per heavy atom. The van der Waals surface area contributed by atoms with E-state index in [1.807, 2.05) is 30.1 Å². The number of rotatable bonds is 7. The van der Waals surface area contributed by atoms with E-state index >= 15 is 0 Å². The first-order valence-electron chi connectivity index (χ1n) is 15.0. The van der Waals surface area contributed by atoms with E-state index in [1.165, 1.54) is 17.7 Å². The lowest BCUT2D eigenvalue weighted by Crippen LogP contribution is -2.50. The monoisotopic (exact) mass is 584 g/mol. The molecular weight excluding hydrogens is 547 g/mol. The van der Waals surface area contributed by atoms with Gasteiger partial charge in [-0.15, -0.1) is 0 Å². The molecule has 1 aliphatic heterocycles. The van der Waals surface area contributed by atoms with Gasteiger partial charge in [0.15, 0.2) is 0 Å². The van der Waals surface area contributed by atoms with Crippen LogP contribution in [0, 0.1) is 12.8 Å². The van der Waals surface area contributed by atoms with Crippen LogP contribution in [0.1, 0.15) is 55.1 Å². The fourth-order valence-corrected chi connectivity index (χ4v) is 6.21. The molecule has 11 heteroatoms. The maximum absolute atomic E-state index is 14.2. The van der Waals surface area contributed by atoms with Crippen LogP contribution < -0.4 is 10.5 Å². The summed E-state index contributed by atoms with van der Waals surface area (Å²) in [5.74, 6) is 0.857. The molecule has 2 aliphatic rings. The molecule has 0 aromatic carbocycles. The zero-order chi connectivity index (χ0) is 30.0. The van der Waals surface area contributed by atoms with Gasteiger partial charge in [0.25, 0.3) is 5.91 Å². The number of nitrogens with two attached hydrogens (primary N) is 1. The fraction of sp³-hybridized carbons (Fsp3) is 0.438. The third-order valence-electron chi connectivity index (χ3n) is 8.67. The Morgan fingerprint density at radius 3 is 2.70 bits per heavy atom. The predicted molar refractivity (Wildman–Crippen MR) is 163 cm³/mol. The molecule has 1 saturated carbocycles. The van der Waals surface area contributed by atoms with Gasteiger partial charge in [-0.2, -0.15) is 10.2 Å². The van der Waals surface area contributed by atoms with Crippen LogP contribution in [0.2, 0.25) is 0 Å². The van der Waals surface area contributed by atoms with Crippen molar-refractivity contribution in [3.63, 3.8) is 0 Å². The van der Waals surface area contributed by atoms with Gasteiger partial charge >= 0.3 is 0 Å². The number of alkyl halides is 1. The number of amides is 1. The molecule has 1 aliphatic carbocycles. The smallest absolute Gasteiger partial charge is 0.255 e. The van der Waals surface area contributed by atoms with Crippen LogP contribution in [0.3, 0.4) is 0 Å². The van der Waals surface area contributed by atoms with Crippen LogP contribution in [0.5, 0.6) is 5.75 Å². The van der Waals surface area contributed by atoms with E-state index in [0.717, 1.165) is 51.3 Å². The van der Waals surface area contributed by atoms with Crippen LogP contribution >= 0.6 is 0 Å². The van der Waals surface area contributed by atoms with Gasteiger partial charge in [0.05, 0.1) is 36.8 Å². The van der Waals surface area contributed by atoms with Gasteiger partial charge in [-0.1, -0.05) is 0 Å². The number of aryl methyl sites for hydroxylation is 1. The minimum absolute atomic E-state index is 0.0325. The summed E-state index contributed by atoms with van der Waals surface area (Å²) in [4.78, 5) is 20.0. The summed E-state index contributed by atoms with van der Waals surface area (Å²) in [5.41, 5.74) is 12.7. The number of piperidine rings is 1. The molecule has 224 valence electrons. The molecule has 43 heavy (non-hydrogen) atoms. The van der Waals surface area contributed by atoms with E-state index < -0.39 is 6.17 Å². The third kappa shape index (κ3) is 4.95. The largest absolute Gasteiger partial charge is 0.494 e. The molecule has 2 atom stereocenters. The first kappa shape index (κ1) is 27.6. The lowest BCUT2D eigenvalue weighted by atomic mass is 10.0. The number of hydrogen-bond donors (Lipinski definition) is 1. The molecule has 2 fully saturated rings. The number of likely N-dealkylation sites (tertiary alicyclic amines) is 1. The van der Waals surface area contributed by atoms with E-state index in [1.54, 1.807) is 23.9 Å². The summed E-state index contributed by atoms with van der Waals surface area (Å²) < 4.78 is 26.0. The molecule has 5 aromatic heterocycles. The van der Waals surface area contributed by atoms with Crippen molar-refractivity contribution < 1.29 is 13.9 Å². The van der Waals surface area contributed by atoms with E-state index in [4.69, 9.17) is 20.6 Å². The molecule has 5 aromatic rings. The number of ether oxygens (including phenoxy) is 1. The molecule has 7 rings (SSSR count). The lowest BCUT2D eigenvalue weighted by Gasteiger charge is -2.33. The van der Waals surface area contributed by atoms with Crippen molar-refractivity contribution in [3.05, 3.63) is 54.0 Å². The number of aromatic nitrogens is 6. The molecule has 6 heterocycles. The molecule has 1 amide bonds. The van der Waals surface area contributed by atoms with Gasteiger partial charge in [0, 0.05) is 54.1 Å². The Kier molecular flexibility index (Phi) is 6.72. The van der Waals surface area contributed by atoms with Crippen LogP contribution in [0.15, 0.2) is 42.9 Å². The highest BCUT2D eigenvalue weighted by atomic mass is 19.1. The summed E-state index contributed by atoms with van der Waals surface area (Å²) in [7, 11) is 1.58. The predicted octanol–water partition coefficient (Wildman–Crippen LogP) is 5.03. The number of halogens is 1. The lowest BCUT2D eigenvalue weighted by molar-refractivity contribution is 0.0606. The Balaban J connectivity index is 1.33. The Morgan fingerprint density at radius 1 is 1.19 bits per heavy atom. The second-order valence-electron chi connectivity index (χ2n) is 12.4. The van der Waals surface area contributed by atoms with Gasteiger partial charge in [0.1, 0.15) is 28.8 Å². The summed E-state index contributed by atoms with van der Waals surface area (Å²) in [6, 6.07) is 7.91. The third-order valence-corrected chi connectivity index (χ3v) is 8.67. The Bertz CT molecular complexity index is 1840. The SMILES string of the molecule is COc1cc(C(=O)N2C[C@H](N)C[C@@H](F)C2)cn2nc(-c3cc4ccc(-c5cnn(C(C)C)c5)nc4n3CC3CC3)c(C)c12. The highest BCUT2D eigenvalue weighted by Gasteiger charge is 2.31. The Labute approximate surface area is 249 Å². The number of hydrogen-bond acceptors (Lipinski definition) is 6. The van der Waals surface area contributed by atoms with Crippen molar-refractivity contribution in [2.45, 2.75) is 64.8 Å². The number of methoxy groups -OCH3 is 1. The minimum Gasteiger partial charge on any atom is -0.494 e. The summed E-state index contributed by atoms with van der Waals surface area (Å²) in [6.07, 6.45) is 7.14. The van der Waals surface area contributed by atoms with Gasteiger partial charge in [-0.05, 0) is 70.2 Å². The molecule has 10 nitrogen and oxygen atoms in total. The van der Waals surface area contributed by atoms with Crippen molar-refractivity contribution in [3.8, 4) is 28.4 Å². The molecular formula is C32H37FN8O2. The first-order valence-corrected chi connectivity index (χ1v) is 15.0. The Hall–Kier alpha value is -4.25.